The Hall–Kier alpha value is -2.79. The number of halogens is 1. The normalized spacial score (nSPS) is 12.1. The van der Waals surface area contributed by atoms with Crippen LogP contribution in [0.15, 0.2) is 46.9 Å². The first-order valence-electron chi connectivity index (χ1n) is 10.9. The van der Waals surface area contributed by atoms with Crippen molar-refractivity contribution in [3.8, 4) is 11.5 Å². The van der Waals surface area contributed by atoms with Crippen LogP contribution < -0.4 is 19.1 Å². The summed E-state index contributed by atoms with van der Waals surface area (Å²) in [6.45, 7) is 4.91. The lowest BCUT2D eigenvalue weighted by atomic mass is 10.1. The molecule has 0 unspecified atom stereocenters. The summed E-state index contributed by atoms with van der Waals surface area (Å²) >= 11 is 3.39. The summed E-state index contributed by atoms with van der Waals surface area (Å²) in [5.74, 6) is -0.114. The molecule has 35 heavy (non-hydrogen) atoms. The first-order valence-corrected chi connectivity index (χ1v) is 13.6. The third-order valence-electron chi connectivity index (χ3n) is 5.20. The first-order chi connectivity index (χ1) is 16.4. The predicted octanol–water partition coefficient (Wildman–Crippen LogP) is 3.17. The van der Waals surface area contributed by atoms with Gasteiger partial charge in [-0.05, 0) is 50.6 Å². The van der Waals surface area contributed by atoms with E-state index in [9.17, 15) is 18.0 Å². The molecular weight excluding hydrogens is 538 g/mol. The zero-order chi connectivity index (χ0) is 26.3. The van der Waals surface area contributed by atoms with Crippen LogP contribution in [0.25, 0.3) is 0 Å². The van der Waals surface area contributed by atoms with Crippen LogP contribution in [0, 0.1) is 0 Å². The molecule has 0 heterocycles. The number of ether oxygens (including phenoxy) is 2. The van der Waals surface area contributed by atoms with Gasteiger partial charge in [-0.1, -0.05) is 28.1 Å². The summed E-state index contributed by atoms with van der Waals surface area (Å²) in [5, 5.41) is 2.81. The summed E-state index contributed by atoms with van der Waals surface area (Å²) in [6, 6.07) is 11.0. The lowest BCUT2D eigenvalue weighted by molar-refractivity contribution is -0.139. The van der Waals surface area contributed by atoms with Gasteiger partial charge >= 0.3 is 0 Å². The largest absolute Gasteiger partial charge is 0.493 e. The highest BCUT2D eigenvalue weighted by molar-refractivity contribution is 9.10. The molecule has 0 saturated carbocycles. The highest BCUT2D eigenvalue weighted by Crippen LogP contribution is 2.32. The van der Waals surface area contributed by atoms with Gasteiger partial charge in [0, 0.05) is 23.1 Å². The van der Waals surface area contributed by atoms with Gasteiger partial charge in [0.15, 0.2) is 11.5 Å². The minimum Gasteiger partial charge on any atom is -0.493 e. The maximum absolute atomic E-state index is 13.5. The number of methoxy groups -OCH3 is 2. The van der Waals surface area contributed by atoms with Gasteiger partial charge in [0.1, 0.15) is 12.6 Å². The highest BCUT2D eigenvalue weighted by atomic mass is 79.9. The smallest absolute Gasteiger partial charge is 0.244 e. The molecule has 1 N–H and O–H groups in total. The molecular formula is C24H32BrN3O6S. The average Bonchev–Trinajstić information content (AvgIpc) is 2.79. The van der Waals surface area contributed by atoms with Gasteiger partial charge in [-0.15, -0.1) is 0 Å². The molecule has 2 rings (SSSR count). The Balaban J connectivity index is 2.43. The Labute approximate surface area is 215 Å². The molecule has 0 aromatic heterocycles. The van der Waals surface area contributed by atoms with Crippen LogP contribution in [0.1, 0.15) is 26.3 Å². The van der Waals surface area contributed by atoms with Crippen LogP contribution in [0.3, 0.4) is 0 Å². The van der Waals surface area contributed by atoms with Crippen molar-refractivity contribution in [1.82, 2.24) is 10.2 Å². The van der Waals surface area contributed by atoms with Crippen molar-refractivity contribution in [1.29, 1.82) is 0 Å². The number of anilines is 1. The lowest BCUT2D eigenvalue weighted by Gasteiger charge is -2.32. The first kappa shape index (κ1) is 28.4. The van der Waals surface area contributed by atoms with Crippen molar-refractivity contribution in [2.45, 2.75) is 39.4 Å². The number of hydrogen-bond donors (Lipinski definition) is 1. The molecule has 0 aliphatic rings. The monoisotopic (exact) mass is 569 g/mol. The number of benzene rings is 2. The number of rotatable bonds is 11. The number of hydrogen-bond acceptors (Lipinski definition) is 6. The molecule has 0 bridgehead atoms. The van der Waals surface area contributed by atoms with Gasteiger partial charge in [0.25, 0.3) is 0 Å². The van der Waals surface area contributed by atoms with E-state index < -0.39 is 28.5 Å². The maximum atomic E-state index is 13.5. The number of nitrogens with zero attached hydrogens (tertiary/aromatic N) is 2. The van der Waals surface area contributed by atoms with E-state index in [0.717, 1.165) is 20.6 Å². The molecule has 0 fully saturated rings. The predicted molar refractivity (Wildman–Crippen MR) is 139 cm³/mol. The fourth-order valence-corrected chi connectivity index (χ4v) is 4.47. The van der Waals surface area contributed by atoms with E-state index in [-0.39, 0.29) is 24.2 Å². The molecule has 0 aliphatic carbocycles. The molecule has 0 saturated heterocycles. The minimum atomic E-state index is -3.85. The summed E-state index contributed by atoms with van der Waals surface area (Å²) in [7, 11) is -0.944. The van der Waals surface area contributed by atoms with Crippen molar-refractivity contribution < 1.29 is 27.5 Å². The summed E-state index contributed by atoms with van der Waals surface area (Å²) in [4.78, 5) is 27.7. The Morgan fingerprint density at radius 2 is 1.60 bits per heavy atom. The summed E-state index contributed by atoms with van der Waals surface area (Å²) in [6.07, 6.45) is 1.02. The molecule has 2 aromatic carbocycles. The van der Waals surface area contributed by atoms with E-state index in [1.165, 1.54) is 31.3 Å². The van der Waals surface area contributed by atoms with E-state index in [0.29, 0.717) is 11.5 Å². The third-order valence-corrected chi connectivity index (χ3v) is 6.87. The number of carbonyl (C=O) groups is 2. The van der Waals surface area contributed by atoms with Crippen LogP contribution in [0.5, 0.6) is 11.5 Å². The molecule has 0 radical (unpaired) electrons. The van der Waals surface area contributed by atoms with Crippen LogP contribution in [-0.2, 0) is 26.2 Å². The van der Waals surface area contributed by atoms with Crippen molar-refractivity contribution in [2.24, 2.45) is 0 Å². The fraction of sp³-hybridized carbons (Fsp3) is 0.417. The number of carbonyl (C=O) groups excluding carboxylic acids is 2. The maximum Gasteiger partial charge on any atom is 0.244 e. The molecule has 11 heteroatoms. The van der Waals surface area contributed by atoms with E-state index >= 15 is 0 Å². The second-order valence-electron chi connectivity index (χ2n) is 8.30. The quantitative estimate of drug-likeness (QED) is 0.445. The molecule has 2 amide bonds. The van der Waals surface area contributed by atoms with Gasteiger partial charge in [-0.2, -0.15) is 0 Å². The molecule has 1 atom stereocenters. The van der Waals surface area contributed by atoms with Crippen molar-refractivity contribution in [3.63, 3.8) is 0 Å². The van der Waals surface area contributed by atoms with Crippen LogP contribution in [0.2, 0.25) is 0 Å². The number of sulfonamides is 1. The summed E-state index contributed by atoms with van der Waals surface area (Å²) in [5.41, 5.74) is 1.03. The fourth-order valence-electron chi connectivity index (χ4n) is 3.37. The second kappa shape index (κ2) is 12.3. The third kappa shape index (κ3) is 7.86. The van der Waals surface area contributed by atoms with E-state index in [2.05, 4.69) is 21.2 Å². The Bertz CT molecular complexity index is 1140. The zero-order valence-corrected chi connectivity index (χ0v) is 23.1. The lowest BCUT2D eigenvalue weighted by Crippen LogP contribution is -2.52. The number of nitrogens with one attached hydrogen (secondary N) is 1. The van der Waals surface area contributed by atoms with Gasteiger partial charge in [0.2, 0.25) is 21.8 Å². The second-order valence-corrected chi connectivity index (χ2v) is 11.1. The van der Waals surface area contributed by atoms with Crippen molar-refractivity contribution >= 4 is 43.5 Å². The number of amides is 2. The zero-order valence-electron chi connectivity index (χ0n) is 20.7. The van der Waals surface area contributed by atoms with Gasteiger partial charge < -0.3 is 19.7 Å². The molecule has 2 aromatic rings. The molecule has 0 spiro atoms. The van der Waals surface area contributed by atoms with Crippen LogP contribution in [0.4, 0.5) is 5.69 Å². The SMILES string of the molecule is COc1ccc(N(CC(=O)N(Cc2ccc(Br)cc2)[C@@H](C)C(=O)NC(C)C)S(C)(=O)=O)cc1OC. The van der Waals surface area contributed by atoms with Crippen molar-refractivity contribution in [2.75, 3.05) is 31.3 Å². The Morgan fingerprint density at radius 3 is 2.11 bits per heavy atom. The highest BCUT2D eigenvalue weighted by Gasteiger charge is 2.30. The van der Waals surface area contributed by atoms with Crippen LogP contribution in [-0.4, -0.2) is 64.2 Å². The van der Waals surface area contributed by atoms with E-state index in [1.54, 1.807) is 13.0 Å². The van der Waals surface area contributed by atoms with Gasteiger partial charge in [-0.3, -0.25) is 13.9 Å². The topological polar surface area (TPSA) is 105 Å². The Kier molecular flexibility index (Phi) is 9.96. The van der Waals surface area contributed by atoms with Crippen molar-refractivity contribution in [3.05, 3.63) is 52.5 Å². The van der Waals surface area contributed by atoms with E-state index in [4.69, 9.17) is 9.47 Å². The van der Waals surface area contributed by atoms with Crippen LogP contribution >= 0.6 is 15.9 Å². The Morgan fingerprint density at radius 1 is 1.00 bits per heavy atom. The van der Waals surface area contributed by atoms with Gasteiger partial charge in [-0.25, -0.2) is 8.42 Å². The minimum absolute atomic E-state index is 0.117. The molecule has 9 nitrogen and oxygen atoms in total. The van der Waals surface area contributed by atoms with E-state index in [1.807, 2.05) is 38.1 Å². The van der Waals surface area contributed by atoms with Gasteiger partial charge in [0.05, 0.1) is 26.2 Å². The average molecular weight is 571 g/mol. The molecule has 0 aliphatic heterocycles. The summed E-state index contributed by atoms with van der Waals surface area (Å²) < 4.78 is 37.7. The molecule has 192 valence electrons. The standard InChI is InChI=1S/C24H32BrN3O6S/c1-16(2)26-24(30)17(3)27(14-18-7-9-19(25)10-8-18)23(29)15-28(35(6,31)32)20-11-12-21(33-4)22(13-20)34-5/h7-13,16-17H,14-15H2,1-6H3,(H,26,30)/t17-/m0/s1.